The van der Waals surface area contributed by atoms with Crippen LogP contribution in [0.2, 0.25) is 0 Å². The number of rotatable bonds is 6. The van der Waals surface area contributed by atoms with Crippen LogP contribution in [-0.2, 0) is 23.8 Å². The van der Waals surface area contributed by atoms with E-state index in [0.717, 1.165) is 82.8 Å². The third-order valence-corrected chi connectivity index (χ3v) is 14.7. The highest BCUT2D eigenvalue weighted by molar-refractivity contribution is 5.81. The fourth-order valence-electron chi connectivity index (χ4n) is 11.7. The van der Waals surface area contributed by atoms with Crippen molar-refractivity contribution in [3.8, 4) is 0 Å². The zero-order chi connectivity index (χ0) is 30.3. The number of fused-ring (bicyclic) bond motifs is 7. The zero-order valence-corrected chi connectivity index (χ0v) is 27.8. The highest BCUT2D eigenvalue weighted by Gasteiger charge is 2.72. The van der Waals surface area contributed by atoms with Gasteiger partial charge >= 0.3 is 5.97 Å². The van der Waals surface area contributed by atoms with Crippen LogP contribution < -0.4 is 0 Å². The number of ether oxygens (including phenoxy) is 3. The lowest BCUT2D eigenvalue weighted by Gasteiger charge is -2.72. The highest BCUT2D eigenvalue weighted by Crippen LogP contribution is 2.76. The Bertz CT molecular complexity index is 1110. The average Bonchev–Trinajstić information content (AvgIpc) is 2.93. The lowest BCUT2D eigenvalue weighted by Crippen LogP contribution is -2.71. The van der Waals surface area contributed by atoms with Gasteiger partial charge in [0.15, 0.2) is 0 Å². The standard InChI is InChI=1S/C36H58O5/c1-11-20-41-34(7)17-15-31(4)26(35(34,8)40-10)12-13-32(5)27(31)21-24(23-37)28-25-22-30(2,3)14-18-36(25,29(38)39-9)19-16-33(28,32)6/h23,25-27H,11-22H2,1-10H3/t25-,26+,27?,31-,32+,33+,34?,35+,36-/m0/s1. The van der Waals surface area contributed by atoms with E-state index in [1.54, 1.807) is 7.11 Å². The van der Waals surface area contributed by atoms with Crippen molar-refractivity contribution in [1.29, 1.82) is 0 Å². The van der Waals surface area contributed by atoms with Gasteiger partial charge in [-0.25, -0.2) is 0 Å². The van der Waals surface area contributed by atoms with E-state index in [9.17, 15) is 9.59 Å². The highest BCUT2D eigenvalue weighted by atomic mass is 16.6. The molecule has 0 amide bonds. The SMILES string of the molecule is CCCOC1(C)CC[C@]2(C)C3CC(C=O)=C4[C@@H]5CC(C)(C)CC[C@]5(C(=O)OC)CC[C@@]4(C)[C@]3(C)CC[C@H]2[C@@]1(C)OC. The zero-order valence-electron chi connectivity index (χ0n) is 27.8. The number of aldehydes is 1. The summed E-state index contributed by atoms with van der Waals surface area (Å²) >= 11 is 0. The molecule has 0 aromatic rings. The second-order valence-electron chi connectivity index (χ2n) is 16.6. The fraction of sp³-hybridized carbons (Fsp3) is 0.889. The van der Waals surface area contributed by atoms with Crippen molar-refractivity contribution in [3.05, 3.63) is 11.1 Å². The molecule has 4 fully saturated rings. The van der Waals surface area contributed by atoms with Gasteiger partial charge in [0.05, 0.1) is 23.7 Å². The Morgan fingerprint density at radius 3 is 2.20 bits per heavy atom. The summed E-state index contributed by atoms with van der Waals surface area (Å²) in [5, 5.41) is 0. The molecule has 0 N–H and O–H groups in total. The third kappa shape index (κ3) is 3.99. The molecule has 5 aliphatic carbocycles. The van der Waals surface area contributed by atoms with Crippen molar-refractivity contribution in [3.63, 3.8) is 0 Å². The molecule has 0 aromatic carbocycles. The molecule has 5 nitrogen and oxygen atoms in total. The van der Waals surface area contributed by atoms with Crippen LogP contribution in [0.15, 0.2) is 11.1 Å². The van der Waals surface area contributed by atoms with E-state index in [0.29, 0.717) is 11.8 Å². The van der Waals surface area contributed by atoms with E-state index in [-0.39, 0.29) is 39.1 Å². The first-order valence-electron chi connectivity index (χ1n) is 16.5. The van der Waals surface area contributed by atoms with E-state index in [1.807, 2.05) is 7.11 Å². The summed E-state index contributed by atoms with van der Waals surface area (Å²) in [6, 6.07) is 0. The van der Waals surface area contributed by atoms with Gasteiger partial charge in [0, 0.05) is 13.7 Å². The van der Waals surface area contributed by atoms with E-state index in [1.165, 1.54) is 11.9 Å². The van der Waals surface area contributed by atoms with Gasteiger partial charge in [-0.05, 0) is 129 Å². The maximum absolute atomic E-state index is 13.6. The Hall–Kier alpha value is -1.20. The first-order valence-corrected chi connectivity index (χ1v) is 16.5. The lowest BCUT2D eigenvalue weighted by molar-refractivity contribution is -0.285. The number of methoxy groups -OCH3 is 2. The summed E-state index contributed by atoms with van der Waals surface area (Å²) in [6.07, 6.45) is 11.8. The van der Waals surface area contributed by atoms with Crippen LogP contribution in [0.5, 0.6) is 0 Å². The normalized spacial score (nSPS) is 48.8. The van der Waals surface area contributed by atoms with Crippen molar-refractivity contribution in [2.24, 2.45) is 44.8 Å². The predicted molar refractivity (Wildman–Crippen MR) is 162 cm³/mol. The molecule has 5 rings (SSSR count). The van der Waals surface area contributed by atoms with E-state index < -0.39 is 11.0 Å². The van der Waals surface area contributed by atoms with Crippen LogP contribution in [0, 0.1) is 44.8 Å². The fourth-order valence-corrected chi connectivity index (χ4v) is 11.7. The smallest absolute Gasteiger partial charge is 0.312 e. The summed E-state index contributed by atoms with van der Waals surface area (Å²) < 4.78 is 18.7. The molecule has 4 saturated carbocycles. The van der Waals surface area contributed by atoms with Crippen molar-refractivity contribution >= 4 is 12.3 Å². The number of allylic oxidation sites excluding steroid dienone is 2. The topological polar surface area (TPSA) is 61.8 Å². The van der Waals surface area contributed by atoms with Crippen molar-refractivity contribution in [2.75, 3.05) is 20.8 Å². The summed E-state index contributed by atoms with van der Waals surface area (Å²) in [7, 11) is 3.42. The Morgan fingerprint density at radius 2 is 1.59 bits per heavy atom. The summed E-state index contributed by atoms with van der Waals surface area (Å²) in [4.78, 5) is 26.8. The van der Waals surface area contributed by atoms with Gasteiger partial charge in [-0.1, -0.05) is 47.1 Å². The van der Waals surface area contributed by atoms with Crippen LogP contribution in [0.1, 0.15) is 126 Å². The average molecular weight is 571 g/mol. The van der Waals surface area contributed by atoms with Gasteiger partial charge in [0.25, 0.3) is 0 Å². The van der Waals surface area contributed by atoms with E-state index in [2.05, 4.69) is 55.4 Å². The number of esters is 1. The van der Waals surface area contributed by atoms with E-state index >= 15 is 0 Å². The first kappa shape index (κ1) is 31.2. The second-order valence-corrected chi connectivity index (χ2v) is 16.6. The Balaban J connectivity index is 1.64. The van der Waals surface area contributed by atoms with Gasteiger partial charge in [-0.15, -0.1) is 0 Å². The predicted octanol–water partition coefficient (Wildman–Crippen LogP) is 8.09. The van der Waals surface area contributed by atoms with Crippen LogP contribution in [0.25, 0.3) is 0 Å². The molecule has 0 saturated heterocycles. The van der Waals surface area contributed by atoms with Gasteiger partial charge in [-0.2, -0.15) is 0 Å². The first-order chi connectivity index (χ1) is 19.1. The summed E-state index contributed by atoms with van der Waals surface area (Å²) in [5.74, 6) is 0.728. The number of hydrogen-bond donors (Lipinski definition) is 0. The van der Waals surface area contributed by atoms with Gasteiger partial charge in [0.2, 0.25) is 0 Å². The summed E-state index contributed by atoms with van der Waals surface area (Å²) in [6.45, 7) is 19.7. The molecule has 0 radical (unpaired) electrons. The Kier molecular flexibility index (Phi) is 7.55. The van der Waals surface area contributed by atoms with Crippen molar-refractivity contribution in [2.45, 2.75) is 137 Å². The minimum atomic E-state index is -0.504. The maximum atomic E-state index is 13.6. The molecule has 0 spiro atoms. The molecule has 41 heavy (non-hydrogen) atoms. The largest absolute Gasteiger partial charge is 0.469 e. The molecule has 5 heteroatoms. The molecule has 5 aliphatic rings. The molecule has 232 valence electrons. The van der Waals surface area contributed by atoms with Crippen LogP contribution in [0.3, 0.4) is 0 Å². The van der Waals surface area contributed by atoms with E-state index in [4.69, 9.17) is 14.2 Å². The second kappa shape index (κ2) is 9.91. The Labute approximate surface area is 249 Å². The molecule has 0 heterocycles. The molecular formula is C36H58O5. The minimum Gasteiger partial charge on any atom is -0.469 e. The quantitative estimate of drug-likeness (QED) is 0.239. The molecule has 0 aliphatic heterocycles. The molecule has 2 unspecified atom stereocenters. The van der Waals surface area contributed by atoms with Gasteiger partial charge < -0.3 is 14.2 Å². The van der Waals surface area contributed by atoms with Crippen molar-refractivity contribution in [1.82, 2.24) is 0 Å². The molecule has 0 bridgehead atoms. The Morgan fingerprint density at radius 1 is 0.902 bits per heavy atom. The van der Waals surface area contributed by atoms with Crippen LogP contribution in [0.4, 0.5) is 0 Å². The lowest BCUT2D eigenvalue weighted by atomic mass is 9.33. The van der Waals surface area contributed by atoms with Gasteiger partial charge in [-0.3, -0.25) is 9.59 Å². The third-order valence-electron chi connectivity index (χ3n) is 14.7. The van der Waals surface area contributed by atoms with Gasteiger partial charge in [0.1, 0.15) is 6.29 Å². The number of hydrogen-bond acceptors (Lipinski definition) is 5. The molecule has 0 aromatic heterocycles. The number of carbonyl (C=O) groups is 2. The van der Waals surface area contributed by atoms with Crippen molar-refractivity contribution < 1.29 is 23.8 Å². The molecular weight excluding hydrogens is 512 g/mol. The van der Waals surface area contributed by atoms with Crippen LogP contribution in [-0.4, -0.2) is 44.3 Å². The minimum absolute atomic E-state index is 0.0262. The number of carbonyl (C=O) groups excluding carboxylic acids is 2. The molecule has 9 atom stereocenters. The summed E-state index contributed by atoms with van der Waals surface area (Å²) in [5.41, 5.74) is 1.14. The monoisotopic (exact) mass is 570 g/mol. The van der Waals surface area contributed by atoms with Crippen LogP contribution >= 0.6 is 0 Å². The maximum Gasteiger partial charge on any atom is 0.312 e.